The molecule has 34 heavy (non-hydrogen) atoms. The van der Waals surface area contributed by atoms with Gasteiger partial charge in [-0.05, 0) is 41.1 Å². The monoisotopic (exact) mass is 494 g/mol. The van der Waals surface area contributed by atoms with Gasteiger partial charge in [0, 0.05) is 36.8 Å². The maximum atomic E-state index is 13.2. The van der Waals surface area contributed by atoms with Crippen LogP contribution in [0.1, 0.15) is 0 Å². The summed E-state index contributed by atoms with van der Waals surface area (Å²) in [5.41, 5.74) is 1.83. The van der Waals surface area contributed by atoms with Crippen LogP contribution in [0.3, 0.4) is 0 Å². The Hall–Kier alpha value is -3.20. The van der Waals surface area contributed by atoms with Gasteiger partial charge in [-0.25, -0.2) is 8.42 Å². The van der Waals surface area contributed by atoms with E-state index >= 15 is 0 Å². The Kier molecular flexibility index (Phi) is 6.12. The van der Waals surface area contributed by atoms with Crippen molar-refractivity contribution in [1.82, 2.24) is 14.5 Å². The third-order valence-electron chi connectivity index (χ3n) is 6.02. The van der Waals surface area contributed by atoms with Crippen molar-refractivity contribution in [1.29, 1.82) is 0 Å². The normalized spacial score (nSPS) is 14.9. The number of benzene rings is 3. The molecular weight excluding hydrogens is 472 g/mol. The molecule has 0 spiro atoms. The largest absolute Gasteiger partial charge is 0.495 e. The van der Waals surface area contributed by atoms with Crippen LogP contribution in [-0.4, -0.2) is 56.2 Å². The molecule has 9 heteroatoms. The fourth-order valence-corrected chi connectivity index (χ4v) is 6.08. The van der Waals surface area contributed by atoms with Crippen LogP contribution in [0.15, 0.2) is 77.7 Å². The number of piperazine rings is 1. The summed E-state index contributed by atoms with van der Waals surface area (Å²) in [6, 6.07) is 22.8. The van der Waals surface area contributed by atoms with Gasteiger partial charge in [0.1, 0.15) is 10.6 Å². The number of halogens is 1. The average molecular weight is 495 g/mol. The van der Waals surface area contributed by atoms with Gasteiger partial charge in [-0.3, -0.25) is 0 Å². The summed E-state index contributed by atoms with van der Waals surface area (Å²) in [5, 5.41) is 11.5. The SMILES string of the molecule is COc1ccc(Cl)cc1S(=O)(=O)N1CCN(c2ccc(-c3cccc4ccccc34)nn2)CC1. The highest BCUT2D eigenvalue weighted by atomic mass is 35.5. The molecule has 4 aromatic rings. The van der Waals surface area contributed by atoms with E-state index in [9.17, 15) is 8.42 Å². The fourth-order valence-electron chi connectivity index (χ4n) is 4.24. The molecule has 3 aromatic carbocycles. The summed E-state index contributed by atoms with van der Waals surface area (Å²) >= 11 is 6.05. The van der Waals surface area contributed by atoms with E-state index in [1.165, 1.54) is 17.5 Å². The van der Waals surface area contributed by atoms with E-state index in [2.05, 4.69) is 28.4 Å². The lowest BCUT2D eigenvalue weighted by molar-refractivity contribution is 0.373. The Morgan fingerprint density at radius 1 is 0.882 bits per heavy atom. The zero-order valence-electron chi connectivity index (χ0n) is 18.6. The van der Waals surface area contributed by atoms with Crippen LogP contribution in [0.5, 0.6) is 5.75 Å². The second kappa shape index (κ2) is 9.21. The van der Waals surface area contributed by atoms with E-state index in [0.717, 1.165) is 27.8 Å². The summed E-state index contributed by atoms with van der Waals surface area (Å²) < 4.78 is 33.1. The molecule has 0 atom stereocenters. The Morgan fingerprint density at radius 2 is 1.65 bits per heavy atom. The highest BCUT2D eigenvalue weighted by Crippen LogP contribution is 2.31. The zero-order chi connectivity index (χ0) is 23.7. The second-order valence-electron chi connectivity index (χ2n) is 7.99. The molecule has 2 heterocycles. The van der Waals surface area contributed by atoms with Crippen LogP contribution in [0.2, 0.25) is 5.02 Å². The maximum Gasteiger partial charge on any atom is 0.246 e. The topological polar surface area (TPSA) is 75.6 Å². The predicted molar refractivity (Wildman–Crippen MR) is 134 cm³/mol. The predicted octanol–water partition coefficient (Wildman–Crippen LogP) is 4.47. The van der Waals surface area contributed by atoms with Crippen LogP contribution in [0.25, 0.3) is 22.0 Å². The van der Waals surface area contributed by atoms with Crippen molar-refractivity contribution < 1.29 is 13.2 Å². The average Bonchev–Trinajstić information content (AvgIpc) is 2.88. The minimum absolute atomic E-state index is 0.0789. The third-order valence-corrected chi connectivity index (χ3v) is 8.18. The van der Waals surface area contributed by atoms with E-state index in [4.69, 9.17) is 16.3 Å². The summed E-state index contributed by atoms with van der Waals surface area (Å²) in [4.78, 5) is 2.12. The van der Waals surface area contributed by atoms with Gasteiger partial charge in [0.05, 0.1) is 12.8 Å². The summed E-state index contributed by atoms with van der Waals surface area (Å²) in [5.74, 6) is 1.00. The Morgan fingerprint density at radius 3 is 2.38 bits per heavy atom. The van der Waals surface area contributed by atoms with Crippen molar-refractivity contribution in [2.24, 2.45) is 0 Å². The van der Waals surface area contributed by atoms with Gasteiger partial charge in [-0.2, -0.15) is 4.31 Å². The lowest BCUT2D eigenvalue weighted by Gasteiger charge is -2.34. The number of sulfonamides is 1. The van der Waals surface area contributed by atoms with Crippen LogP contribution in [0, 0.1) is 0 Å². The summed E-state index contributed by atoms with van der Waals surface area (Å²) in [7, 11) is -2.29. The van der Waals surface area contributed by atoms with Gasteiger partial charge in [-0.15, -0.1) is 10.2 Å². The van der Waals surface area contributed by atoms with E-state index in [1.54, 1.807) is 12.1 Å². The van der Waals surface area contributed by atoms with Gasteiger partial charge in [0.15, 0.2) is 5.82 Å². The van der Waals surface area contributed by atoms with E-state index in [0.29, 0.717) is 31.2 Å². The third kappa shape index (κ3) is 4.20. The number of anilines is 1. The molecule has 174 valence electrons. The first-order valence-electron chi connectivity index (χ1n) is 10.9. The molecule has 0 amide bonds. The van der Waals surface area contributed by atoms with Crippen LogP contribution < -0.4 is 9.64 Å². The molecule has 1 aliphatic heterocycles. The van der Waals surface area contributed by atoms with Gasteiger partial charge in [-0.1, -0.05) is 54.1 Å². The number of rotatable bonds is 5. The van der Waals surface area contributed by atoms with Gasteiger partial charge < -0.3 is 9.64 Å². The molecule has 7 nitrogen and oxygen atoms in total. The van der Waals surface area contributed by atoms with Crippen LogP contribution in [-0.2, 0) is 10.0 Å². The zero-order valence-corrected chi connectivity index (χ0v) is 20.1. The van der Waals surface area contributed by atoms with Crippen molar-refractivity contribution in [3.8, 4) is 17.0 Å². The van der Waals surface area contributed by atoms with Gasteiger partial charge in [0.25, 0.3) is 0 Å². The minimum Gasteiger partial charge on any atom is -0.495 e. The molecule has 1 fully saturated rings. The second-order valence-corrected chi connectivity index (χ2v) is 10.3. The first-order chi connectivity index (χ1) is 16.5. The van der Waals surface area contributed by atoms with Gasteiger partial charge >= 0.3 is 0 Å². The molecular formula is C25H23ClN4O3S. The molecule has 1 aliphatic rings. The lowest BCUT2D eigenvalue weighted by atomic mass is 10.0. The van der Waals surface area contributed by atoms with Crippen molar-refractivity contribution in [2.75, 3.05) is 38.2 Å². The number of ether oxygens (including phenoxy) is 1. The molecule has 0 aliphatic carbocycles. The number of aromatic nitrogens is 2. The van der Waals surface area contributed by atoms with Crippen molar-refractivity contribution in [2.45, 2.75) is 4.90 Å². The first-order valence-corrected chi connectivity index (χ1v) is 12.7. The molecule has 0 unspecified atom stereocenters. The number of hydrogen-bond donors (Lipinski definition) is 0. The molecule has 0 saturated carbocycles. The smallest absolute Gasteiger partial charge is 0.246 e. The van der Waals surface area contributed by atoms with Crippen molar-refractivity contribution in [3.63, 3.8) is 0 Å². The Labute approximate surface area is 203 Å². The van der Waals surface area contributed by atoms with Crippen molar-refractivity contribution in [3.05, 3.63) is 77.8 Å². The quantitative estimate of drug-likeness (QED) is 0.407. The maximum absolute atomic E-state index is 13.2. The van der Waals surface area contributed by atoms with E-state index < -0.39 is 10.0 Å². The molecule has 1 saturated heterocycles. The summed E-state index contributed by atoms with van der Waals surface area (Å²) in [6.45, 7) is 1.66. The first kappa shape index (κ1) is 22.6. The number of fused-ring (bicyclic) bond motifs is 1. The number of nitrogens with zero attached hydrogens (tertiary/aromatic N) is 4. The minimum atomic E-state index is -3.74. The van der Waals surface area contributed by atoms with Crippen LogP contribution >= 0.6 is 11.6 Å². The Bertz CT molecular complexity index is 1430. The molecule has 1 aromatic heterocycles. The Balaban J connectivity index is 1.32. The highest BCUT2D eigenvalue weighted by molar-refractivity contribution is 7.89. The lowest BCUT2D eigenvalue weighted by Crippen LogP contribution is -2.49. The van der Waals surface area contributed by atoms with Crippen molar-refractivity contribution >= 4 is 38.2 Å². The summed E-state index contributed by atoms with van der Waals surface area (Å²) in [6.07, 6.45) is 0. The number of hydrogen-bond acceptors (Lipinski definition) is 6. The van der Waals surface area contributed by atoms with Gasteiger partial charge in [0.2, 0.25) is 10.0 Å². The highest BCUT2D eigenvalue weighted by Gasteiger charge is 2.31. The fraction of sp³-hybridized carbons (Fsp3) is 0.200. The van der Waals surface area contributed by atoms with E-state index in [1.807, 2.05) is 41.3 Å². The van der Waals surface area contributed by atoms with Crippen LogP contribution in [0.4, 0.5) is 5.82 Å². The number of methoxy groups -OCH3 is 1. The molecule has 0 radical (unpaired) electrons. The van der Waals surface area contributed by atoms with E-state index in [-0.39, 0.29) is 10.6 Å². The molecule has 5 rings (SSSR count). The molecule has 0 bridgehead atoms. The standard InChI is InChI=1S/C25H23ClN4O3S/c1-33-23-11-9-19(26)17-24(23)34(31,32)30-15-13-29(14-16-30)25-12-10-22(27-28-25)21-8-4-6-18-5-2-3-7-20(18)21/h2-12,17H,13-16H2,1H3. The molecule has 0 N–H and O–H groups in total.